The Balaban J connectivity index is 1.45. The van der Waals surface area contributed by atoms with Crippen molar-refractivity contribution < 1.29 is 28.6 Å². The van der Waals surface area contributed by atoms with Crippen LogP contribution in [0.5, 0.6) is 11.5 Å². The van der Waals surface area contributed by atoms with Crippen molar-refractivity contribution in [2.24, 2.45) is 0 Å². The maximum atomic E-state index is 12.9. The number of carbonyl (C=O) groups is 3. The smallest absolute Gasteiger partial charge is 0.340 e. The molecular weight excluding hydrogens is 502 g/mol. The second kappa shape index (κ2) is 11.5. The lowest BCUT2D eigenvalue weighted by atomic mass is 10.1. The number of anilines is 2. The zero-order valence-electron chi connectivity index (χ0n) is 19.3. The van der Waals surface area contributed by atoms with E-state index < -0.39 is 24.4 Å². The molecule has 0 unspecified atom stereocenters. The van der Waals surface area contributed by atoms with Crippen LogP contribution in [0, 0.1) is 0 Å². The lowest BCUT2D eigenvalue weighted by Gasteiger charge is -2.15. The van der Waals surface area contributed by atoms with Crippen LogP contribution in [-0.2, 0) is 9.53 Å². The minimum absolute atomic E-state index is 0.00553. The number of amides is 2. The Labute approximate surface area is 214 Å². The first-order valence-electron chi connectivity index (χ1n) is 10.6. The topological polar surface area (TPSA) is 116 Å². The maximum Gasteiger partial charge on any atom is 0.340 e. The van der Waals surface area contributed by atoms with Crippen molar-refractivity contribution in [2.45, 2.75) is 0 Å². The molecule has 11 heteroatoms. The number of benzene rings is 2. The molecular formula is C25H21N3O6S2. The predicted octanol–water partition coefficient (Wildman–Crippen LogP) is 4.94. The molecule has 0 aliphatic heterocycles. The van der Waals surface area contributed by atoms with Crippen molar-refractivity contribution in [3.05, 3.63) is 75.8 Å². The Morgan fingerprint density at radius 2 is 1.67 bits per heavy atom. The summed E-state index contributed by atoms with van der Waals surface area (Å²) in [6.45, 7) is -0.550. The molecule has 0 spiro atoms. The van der Waals surface area contributed by atoms with Crippen LogP contribution in [0.3, 0.4) is 0 Å². The second-order valence-corrected chi connectivity index (χ2v) is 9.02. The van der Waals surface area contributed by atoms with E-state index in [0.29, 0.717) is 15.8 Å². The van der Waals surface area contributed by atoms with Gasteiger partial charge in [0.15, 0.2) is 23.2 Å². The summed E-state index contributed by atoms with van der Waals surface area (Å²) in [5, 5.41) is 9.28. The maximum absolute atomic E-state index is 12.9. The lowest BCUT2D eigenvalue weighted by Crippen LogP contribution is -2.22. The summed E-state index contributed by atoms with van der Waals surface area (Å²) in [5.74, 6) is -1.20. The van der Waals surface area contributed by atoms with Crippen LogP contribution in [0.25, 0.3) is 11.3 Å². The first-order valence-corrected chi connectivity index (χ1v) is 12.3. The molecule has 0 aliphatic rings. The largest absolute Gasteiger partial charge is 0.493 e. The van der Waals surface area contributed by atoms with E-state index in [1.807, 2.05) is 35.7 Å². The average molecular weight is 524 g/mol. The number of ether oxygens (including phenoxy) is 3. The van der Waals surface area contributed by atoms with Crippen LogP contribution in [0.15, 0.2) is 65.4 Å². The minimum atomic E-state index is -0.823. The number of nitrogens with one attached hydrogen (secondary N) is 2. The van der Waals surface area contributed by atoms with Gasteiger partial charge in [0.2, 0.25) is 0 Å². The zero-order chi connectivity index (χ0) is 25.5. The third-order valence-corrected chi connectivity index (χ3v) is 6.52. The molecule has 9 nitrogen and oxygen atoms in total. The molecule has 0 bridgehead atoms. The Kier molecular flexibility index (Phi) is 7.93. The van der Waals surface area contributed by atoms with E-state index in [9.17, 15) is 14.4 Å². The first-order chi connectivity index (χ1) is 17.5. The highest BCUT2D eigenvalue weighted by molar-refractivity contribution is 7.14. The van der Waals surface area contributed by atoms with Gasteiger partial charge >= 0.3 is 5.97 Å². The van der Waals surface area contributed by atoms with E-state index in [2.05, 4.69) is 15.6 Å². The van der Waals surface area contributed by atoms with Crippen LogP contribution in [-0.4, -0.2) is 43.6 Å². The van der Waals surface area contributed by atoms with Gasteiger partial charge in [-0.1, -0.05) is 36.4 Å². The van der Waals surface area contributed by atoms with Gasteiger partial charge in [-0.05, 0) is 11.4 Å². The van der Waals surface area contributed by atoms with Crippen LogP contribution in [0.4, 0.5) is 10.8 Å². The molecule has 4 aromatic rings. The molecule has 0 radical (unpaired) electrons. The van der Waals surface area contributed by atoms with Gasteiger partial charge in [0.05, 0.1) is 36.0 Å². The van der Waals surface area contributed by atoms with E-state index in [1.165, 1.54) is 49.0 Å². The Morgan fingerprint density at radius 1 is 0.917 bits per heavy atom. The summed E-state index contributed by atoms with van der Waals surface area (Å²) in [7, 11) is 2.86. The fourth-order valence-corrected chi connectivity index (χ4v) is 4.53. The summed E-state index contributed by atoms with van der Waals surface area (Å²) in [6.07, 6.45) is 0. The highest BCUT2D eigenvalue weighted by atomic mass is 32.1. The van der Waals surface area contributed by atoms with Crippen molar-refractivity contribution in [2.75, 3.05) is 31.5 Å². The average Bonchev–Trinajstić information content (AvgIpc) is 3.60. The van der Waals surface area contributed by atoms with Crippen LogP contribution in [0.1, 0.15) is 20.0 Å². The zero-order valence-corrected chi connectivity index (χ0v) is 20.9. The molecule has 0 aliphatic carbocycles. The second-order valence-electron chi connectivity index (χ2n) is 7.21. The van der Waals surface area contributed by atoms with Crippen molar-refractivity contribution in [3.63, 3.8) is 0 Å². The van der Waals surface area contributed by atoms with Crippen molar-refractivity contribution in [1.29, 1.82) is 0 Å². The number of rotatable bonds is 9. The number of hydrogen-bond donors (Lipinski definition) is 2. The third-order valence-electron chi connectivity index (χ3n) is 4.89. The van der Waals surface area contributed by atoms with Gasteiger partial charge in [0.25, 0.3) is 11.8 Å². The fourth-order valence-electron chi connectivity index (χ4n) is 3.18. The molecule has 2 N–H and O–H groups in total. The molecule has 2 aromatic heterocycles. The van der Waals surface area contributed by atoms with Crippen molar-refractivity contribution in [3.8, 4) is 22.8 Å². The van der Waals surface area contributed by atoms with E-state index in [0.717, 1.165) is 11.3 Å². The molecule has 2 aromatic carbocycles. The van der Waals surface area contributed by atoms with Gasteiger partial charge < -0.3 is 19.5 Å². The molecule has 0 saturated carbocycles. The number of thiazole rings is 1. The number of hydrogen-bond acceptors (Lipinski definition) is 9. The number of thiophene rings is 1. The summed E-state index contributed by atoms with van der Waals surface area (Å²) >= 11 is 2.52. The van der Waals surface area contributed by atoms with Crippen LogP contribution in [0.2, 0.25) is 0 Å². The van der Waals surface area contributed by atoms with Gasteiger partial charge in [-0.15, -0.1) is 22.7 Å². The van der Waals surface area contributed by atoms with Crippen molar-refractivity contribution in [1.82, 2.24) is 4.98 Å². The SMILES string of the molecule is COc1cc(NC(=O)c2cccs2)c(C(=O)OCC(=O)Nc2nc(-c3ccccc3)cs2)cc1OC. The van der Waals surface area contributed by atoms with E-state index in [4.69, 9.17) is 14.2 Å². The highest BCUT2D eigenvalue weighted by Crippen LogP contribution is 2.34. The lowest BCUT2D eigenvalue weighted by molar-refractivity contribution is -0.119. The quantitative estimate of drug-likeness (QED) is 0.299. The summed E-state index contributed by atoms with van der Waals surface area (Å²) in [6, 6.07) is 15.8. The number of esters is 1. The van der Waals surface area contributed by atoms with Gasteiger partial charge in [0.1, 0.15) is 0 Å². The highest BCUT2D eigenvalue weighted by Gasteiger charge is 2.21. The normalized spacial score (nSPS) is 10.4. The van der Waals surface area contributed by atoms with Gasteiger partial charge in [-0.3, -0.25) is 14.9 Å². The summed E-state index contributed by atoms with van der Waals surface area (Å²) in [5.41, 5.74) is 1.81. The van der Waals surface area contributed by atoms with Crippen molar-refractivity contribution >= 4 is 51.3 Å². The predicted molar refractivity (Wildman–Crippen MR) is 138 cm³/mol. The molecule has 0 atom stereocenters. The molecule has 0 saturated heterocycles. The van der Waals surface area contributed by atoms with Crippen LogP contribution < -0.4 is 20.1 Å². The van der Waals surface area contributed by atoms with Gasteiger partial charge in [-0.25, -0.2) is 9.78 Å². The number of carbonyl (C=O) groups excluding carboxylic acids is 3. The monoisotopic (exact) mass is 523 g/mol. The Hall–Kier alpha value is -4.22. The minimum Gasteiger partial charge on any atom is -0.493 e. The third kappa shape index (κ3) is 5.88. The van der Waals surface area contributed by atoms with E-state index in [-0.39, 0.29) is 17.0 Å². The number of nitrogens with zero attached hydrogens (tertiary/aromatic N) is 1. The van der Waals surface area contributed by atoms with E-state index in [1.54, 1.807) is 17.5 Å². The summed E-state index contributed by atoms with van der Waals surface area (Å²) in [4.78, 5) is 42.7. The molecule has 2 amide bonds. The fraction of sp³-hybridized carbons (Fsp3) is 0.120. The summed E-state index contributed by atoms with van der Waals surface area (Å²) < 4.78 is 15.8. The Morgan fingerprint density at radius 3 is 2.36 bits per heavy atom. The molecule has 184 valence electrons. The molecule has 36 heavy (non-hydrogen) atoms. The first kappa shape index (κ1) is 24.9. The number of aromatic nitrogens is 1. The van der Waals surface area contributed by atoms with Gasteiger partial charge in [0, 0.05) is 23.1 Å². The molecule has 4 rings (SSSR count). The number of methoxy groups -OCH3 is 2. The van der Waals surface area contributed by atoms with Crippen LogP contribution >= 0.6 is 22.7 Å². The van der Waals surface area contributed by atoms with Gasteiger partial charge in [-0.2, -0.15) is 0 Å². The Bertz CT molecular complexity index is 1370. The molecule has 2 heterocycles. The standard InChI is InChI=1S/C25H21N3O6S2/c1-32-19-11-16(17(12-20(19)33-2)26-23(30)21-9-6-10-35-21)24(31)34-13-22(29)28-25-27-18(14-36-25)15-7-4-3-5-8-15/h3-12,14H,13H2,1-2H3,(H,26,30)(H,27,28,29). The molecule has 0 fully saturated rings. The van der Waals surface area contributed by atoms with E-state index >= 15 is 0 Å².